The van der Waals surface area contributed by atoms with E-state index in [4.69, 9.17) is 0 Å². The fourth-order valence-corrected chi connectivity index (χ4v) is 8.49. The van der Waals surface area contributed by atoms with E-state index in [0.29, 0.717) is 45.7 Å². The number of aromatic nitrogens is 2. The molecule has 4 heterocycles. The van der Waals surface area contributed by atoms with Gasteiger partial charge in [0.1, 0.15) is 17.9 Å². The van der Waals surface area contributed by atoms with Gasteiger partial charge >= 0.3 is 23.1 Å². The summed E-state index contributed by atoms with van der Waals surface area (Å²) in [6, 6.07) is 6.15. The largest absolute Gasteiger partial charge is 2.00 e. The molecule has 48 heavy (non-hydrogen) atoms. The number of rotatable bonds is 2. The van der Waals surface area contributed by atoms with Crippen LogP contribution in [0.25, 0.3) is 21.8 Å². The number of fused-ring (bicyclic) bond motifs is 8. The Hall–Kier alpha value is -2.10. The number of aliphatic hydroxyl groups is 1. The van der Waals surface area contributed by atoms with E-state index >= 15 is 0 Å². The summed E-state index contributed by atoms with van der Waals surface area (Å²) in [7, 11) is 3.47. The maximum atomic E-state index is 13.8. The Balaban J connectivity index is 0.000000204. The zero-order valence-corrected chi connectivity index (χ0v) is 32.8. The number of carbonyl (C=O) groups excluding carboxylic acids is 3. The van der Waals surface area contributed by atoms with Crippen molar-refractivity contribution in [3.8, 4) is 0 Å². The molecule has 1 atom stereocenters. The number of halogens is 5. The zero-order chi connectivity index (χ0) is 32.2. The van der Waals surface area contributed by atoms with Gasteiger partial charge in [-0.05, 0) is 82.5 Å². The summed E-state index contributed by atoms with van der Waals surface area (Å²) in [5.74, 6) is -0.687. The predicted octanol–water partition coefficient (Wildman–Crippen LogP) is 3.17. The van der Waals surface area contributed by atoms with E-state index in [1.807, 2.05) is 0 Å². The van der Waals surface area contributed by atoms with Gasteiger partial charge in [-0.25, -0.2) is 8.78 Å². The monoisotopic (exact) mass is 858 g/mol. The molecule has 1 N–H and O–H groups in total. The van der Waals surface area contributed by atoms with E-state index in [1.165, 1.54) is 12.1 Å². The van der Waals surface area contributed by atoms with E-state index < -0.39 is 16.9 Å². The smallest absolute Gasteiger partial charge is 1.00 e. The number of aliphatic hydroxyl groups excluding tert-OH is 1. The van der Waals surface area contributed by atoms with Crippen LogP contribution in [0.5, 0.6) is 0 Å². The number of amides is 2. The van der Waals surface area contributed by atoms with Gasteiger partial charge < -0.3 is 44.1 Å². The summed E-state index contributed by atoms with van der Waals surface area (Å²) in [6.07, 6.45) is 6.01. The summed E-state index contributed by atoms with van der Waals surface area (Å²) < 4.78 is 28.3. The van der Waals surface area contributed by atoms with Gasteiger partial charge in [0.15, 0.2) is 0 Å². The van der Waals surface area contributed by atoms with Crippen LogP contribution < -0.4 is 26.8 Å². The number of aldehydes is 1. The van der Waals surface area contributed by atoms with Crippen molar-refractivity contribution in [2.24, 2.45) is 11.8 Å². The molecule has 0 radical (unpaired) electrons. The molecule has 0 saturated heterocycles. The van der Waals surface area contributed by atoms with Crippen LogP contribution in [0, 0.1) is 30.9 Å². The molecule has 4 aromatic rings. The minimum atomic E-state index is -0.659. The second kappa shape index (κ2) is 13.6. The Bertz CT molecular complexity index is 1990. The second-order valence-corrected chi connectivity index (χ2v) is 14.4. The van der Waals surface area contributed by atoms with Crippen molar-refractivity contribution >= 4 is 106 Å². The number of hydrogen-bond acceptors (Lipinski definition) is 6. The predicted molar refractivity (Wildman–Crippen MR) is 184 cm³/mol. The average molecular weight is 862 g/mol. The fraction of sp³-hybridized carbons (Fsp3) is 0.353. The van der Waals surface area contributed by atoms with Crippen LogP contribution in [-0.4, -0.2) is 76.4 Å². The Morgan fingerprint density at radius 2 is 1.25 bits per heavy atom. The van der Waals surface area contributed by atoms with Crippen molar-refractivity contribution in [1.82, 2.24) is 9.97 Å². The topological polar surface area (TPSA) is 104 Å². The average Bonchev–Trinajstić information content (AvgIpc) is 3.33. The molecule has 1 unspecified atom stereocenters. The van der Waals surface area contributed by atoms with Crippen molar-refractivity contribution in [3.05, 3.63) is 75.8 Å². The maximum Gasteiger partial charge on any atom is 2.00 e. The first-order valence-corrected chi connectivity index (χ1v) is 16.2. The molecule has 2 aromatic heterocycles. The van der Waals surface area contributed by atoms with E-state index in [2.05, 4.69) is 41.8 Å². The third-order valence-electron chi connectivity index (χ3n) is 10.2. The van der Waals surface area contributed by atoms with Gasteiger partial charge in [0.2, 0.25) is 11.8 Å². The Labute approximate surface area is 320 Å². The number of hydrogen-bond donors (Lipinski definition) is 1. The minimum Gasteiger partial charge on any atom is -1.00 e. The van der Waals surface area contributed by atoms with Gasteiger partial charge in [-0.3, -0.25) is 19.6 Å². The quantitative estimate of drug-likeness (QED) is 0.189. The van der Waals surface area contributed by atoms with Crippen LogP contribution in [-0.2, 0) is 25.2 Å². The van der Waals surface area contributed by atoms with E-state index in [0.717, 1.165) is 39.6 Å². The summed E-state index contributed by atoms with van der Waals surface area (Å²) in [6.45, 7) is 1.76. The maximum absolute atomic E-state index is 13.8. The van der Waals surface area contributed by atoms with Crippen molar-refractivity contribution in [3.63, 3.8) is 0 Å². The molecule has 2 aliphatic carbocycles. The number of anilines is 2. The number of pyridine rings is 2. The number of nitrogens with zero attached hydrogens (tertiary/aromatic N) is 4. The van der Waals surface area contributed by atoms with Crippen LogP contribution in [0.15, 0.2) is 45.6 Å². The van der Waals surface area contributed by atoms with Gasteiger partial charge in [-0.15, -0.1) is 0 Å². The third kappa shape index (κ3) is 5.44. The molecular formula is C34H31Br3F2MgN4O4. The van der Waals surface area contributed by atoms with E-state index in [1.54, 1.807) is 55.3 Å². The molecule has 2 saturated carbocycles. The summed E-state index contributed by atoms with van der Waals surface area (Å²) in [5.41, 5.74) is 3.14. The van der Waals surface area contributed by atoms with Gasteiger partial charge in [0.25, 0.3) is 0 Å². The Morgan fingerprint density at radius 1 is 0.854 bits per heavy atom. The van der Waals surface area contributed by atoms with Crippen LogP contribution in [0.3, 0.4) is 0 Å². The summed E-state index contributed by atoms with van der Waals surface area (Å²) >= 11 is 6.43. The first kappa shape index (κ1) is 38.7. The van der Waals surface area contributed by atoms with Gasteiger partial charge in [-0.2, -0.15) is 0 Å². The molecule has 2 fully saturated rings. The number of likely N-dealkylation sites (N-methyl/N-ethyl adjacent to an activating group) is 2. The SMILES string of the molecule is CC(O)C1CC2(C1)C(=O)N(C)c1cnc3cc(F)c(Br)cc3c12.CN1C(=O)C2(CC(C=O)C2)c2c1cnc1cc(F)c(Br)cc21.[Br-].[CH3-].[Mg+2]. The van der Waals surface area contributed by atoms with E-state index in [9.17, 15) is 28.3 Å². The first-order valence-electron chi connectivity index (χ1n) is 14.6. The van der Waals surface area contributed by atoms with Crippen LogP contribution in [0.4, 0.5) is 20.2 Å². The molecule has 14 heteroatoms. The Kier molecular flexibility index (Phi) is 10.9. The van der Waals surface area contributed by atoms with Gasteiger partial charge in [0, 0.05) is 54.0 Å². The Morgan fingerprint density at radius 3 is 1.62 bits per heavy atom. The molecule has 4 aliphatic rings. The zero-order valence-electron chi connectivity index (χ0n) is 26.7. The standard InChI is InChI=1S/C17H16BrFN2O2.C16H12BrFN2O2.CH3.BrH.Mg/c1-8(22)9-5-17(6-9)15-10-3-11(18)12(19)4-13(10)20-7-14(15)21(2)16(17)23;1-20-13-6-19-12-3-11(18)10(17)2-9(12)14(13)16(15(20)22)4-8(5-16)7-21;;;/h3-4,7-9,22H,5-6H2,1-2H3;2-3,6-8H,4-5H2,1H3;1H3;1H;/q;;-1;;+2/p-1. The molecule has 8 rings (SSSR count). The molecule has 2 aromatic carbocycles. The molecule has 0 bridgehead atoms. The number of carbonyl (C=O) groups is 3. The third-order valence-corrected chi connectivity index (χ3v) is 11.4. The van der Waals surface area contributed by atoms with Crippen molar-refractivity contribution in [2.75, 3.05) is 23.9 Å². The fourth-order valence-electron chi connectivity index (χ4n) is 7.81. The summed E-state index contributed by atoms with van der Waals surface area (Å²) in [5, 5.41) is 11.4. The van der Waals surface area contributed by atoms with Crippen LogP contribution in [0.1, 0.15) is 43.7 Å². The normalized spacial score (nSPS) is 25.2. The van der Waals surface area contributed by atoms with Crippen LogP contribution >= 0.6 is 31.9 Å². The van der Waals surface area contributed by atoms with E-state index in [-0.39, 0.29) is 82.7 Å². The molecular weight excluding hydrogens is 830 g/mol. The minimum absolute atomic E-state index is 0. The number of benzene rings is 2. The van der Waals surface area contributed by atoms with Gasteiger partial charge in [-0.1, -0.05) is 0 Å². The molecule has 248 valence electrons. The molecule has 2 spiro atoms. The molecule has 2 aliphatic heterocycles. The van der Waals surface area contributed by atoms with Crippen molar-refractivity contribution in [2.45, 2.75) is 49.5 Å². The van der Waals surface area contributed by atoms with Gasteiger partial charge in [0.05, 0.1) is 60.7 Å². The first-order chi connectivity index (χ1) is 21.3. The van der Waals surface area contributed by atoms with Crippen LogP contribution in [0.2, 0.25) is 0 Å². The molecule has 2 amide bonds. The second-order valence-electron chi connectivity index (χ2n) is 12.7. The van der Waals surface area contributed by atoms with Crippen molar-refractivity contribution < 1.29 is 45.3 Å². The molecule has 8 nitrogen and oxygen atoms in total. The van der Waals surface area contributed by atoms with Crippen molar-refractivity contribution in [1.29, 1.82) is 0 Å². The summed E-state index contributed by atoms with van der Waals surface area (Å²) in [4.78, 5) is 48.4.